The van der Waals surface area contributed by atoms with Gasteiger partial charge in [-0.25, -0.2) is 9.38 Å². The van der Waals surface area contributed by atoms with E-state index in [1.54, 1.807) is 40.0 Å². The number of benzene rings is 1. The number of carbonyl (C=O) groups is 1. The highest BCUT2D eigenvalue weighted by molar-refractivity contribution is 6.04. The number of amides is 1. The zero-order chi connectivity index (χ0) is 13.9. The molecule has 0 atom stereocenters. The predicted octanol–water partition coefficient (Wildman–Crippen LogP) is 3.22. The number of halogens is 1. The van der Waals surface area contributed by atoms with Gasteiger partial charge < -0.3 is 0 Å². The van der Waals surface area contributed by atoms with E-state index in [4.69, 9.17) is 0 Å². The highest BCUT2D eigenvalue weighted by atomic mass is 19.1. The summed E-state index contributed by atoms with van der Waals surface area (Å²) in [5.74, 6) is -0.208. The molecule has 0 saturated carbocycles. The standard InChI is InChI=1S/C14H17FN2O/c1-9(2)14(18)17(5)11(4)16-13-7-6-10(3)8-12(13)15/h6-8H,1H2,2-5H3. The summed E-state index contributed by atoms with van der Waals surface area (Å²) in [7, 11) is 1.59. The number of aryl methyl sites for hydroxylation is 1. The maximum Gasteiger partial charge on any atom is 0.253 e. The minimum Gasteiger partial charge on any atom is -0.300 e. The van der Waals surface area contributed by atoms with Gasteiger partial charge in [-0.3, -0.25) is 9.69 Å². The first-order chi connectivity index (χ1) is 8.32. The molecule has 1 aromatic rings. The normalized spacial score (nSPS) is 11.3. The van der Waals surface area contributed by atoms with Gasteiger partial charge in [-0.2, -0.15) is 0 Å². The lowest BCUT2D eigenvalue weighted by Crippen LogP contribution is -2.31. The molecule has 4 heteroatoms. The maximum atomic E-state index is 13.6. The Balaban J connectivity index is 3.02. The minimum atomic E-state index is -0.398. The number of amidine groups is 1. The van der Waals surface area contributed by atoms with Gasteiger partial charge in [0, 0.05) is 12.6 Å². The summed E-state index contributed by atoms with van der Waals surface area (Å²) in [4.78, 5) is 17.1. The number of likely N-dealkylation sites (N-methyl/N-ethyl adjacent to an activating group) is 1. The summed E-state index contributed by atoms with van der Waals surface area (Å²) in [5.41, 5.74) is 1.46. The van der Waals surface area contributed by atoms with Crippen molar-refractivity contribution < 1.29 is 9.18 Å². The Bertz CT molecular complexity index is 521. The van der Waals surface area contributed by atoms with E-state index in [0.717, 1.165) is 5.56 Å². The molecule has 0 aliphatic carbocycles. The van der Waals surface area contributed by atoms with Crippen LogP contribution in [0.5, 0.6) is 0 Å². The molecule has 18 heavy (non-hydrogen) atoms. The number of rotatable bonds is 2. The quantitative estimate of drug-likeness (QED) is 0.449. The number of hydrogen-bond donors (Lipinski definition) is 0. The van der Waals surface area contributed by atoms with Crippen LogP contribution in [0.4, 0.5) is 10.1 Å². The highest BCUT2D eigenvalue weighted by Gasteiger charge is 2.12. The van der Waals surface area contributed by atoms with E-state index >= 15 is 0 Å². The van der Waals surface area contributed by atoms with Crippen LogP contribution in [0, 0.1) is 12.7 Å². The first kappa shape index (κ1) is 14.1. The molecular weight excluding hydrogens is 231 g/mol. The molecule has 0 heterocycles. The number of aliphatic imine (C=N–C) groups is 1. The number of carbonyl (C=O) groups excluding carboxylic acids is 1. The van der Waals surface area contributed by atoms with Crippen molar-refractivity contribution in [1.29, 1.82) is 0 Å². The zero-order valence-electron chi connectivity index (χ0n) is 11.1. The van der Waals surface area contributed by atoms with E-state index in [9.17, 15) is 9.18 Å². The minimum absolute atomic E-state index is 0.222. The van der Waals surface area contributed by atoms with Crippen LogP contribution < -0.4 is 0 Å². The number of hydrogen-bond acceptors (Lipinski definition) is 2. The van der Waals surface area contributed by atoms with Gasteiger partial charge in [0.1, 0.15) is 17.3 Å². The first-order valence-corrected chi connectivity index (χ1v) is 5.58. The SMILES string of the molecule is C=C(C)C(=O)N(C)C(C)=Nc1ccc(C)cc1F. The molecule has 3 nitrogen and oxygen atoms in total. The van der Waals surface area contributed by atoms with Gasteiger partial charge >= 0.3 is 0 Å². The largest absolute Gasteiger partial charge is 0.300 e. The lowest BCUT2D eigenvalue weighted by Gasteiger charge is -2.16. The summed E-state index contributed by atoms with van der Waals surface area (Å²) in [6, 6.07) is 4.77. The summed E-state index contributed by atoms with van der Waals surface area (Å²) in [6.45, 7) is 8.66. The summed E-state index contributed by atoms with van der Waals surface area (Å²) in [5, 5.41) is 0. The van der Waals surface area contributed by atoms with Gasteiger partial charge in [-0.05, 0) is 38.5 Å². The average molecular weight is 248 g/mol. The topological polar surface area (TPSA) is 32.7 Å². The van der Waals surface area contributed by atoms with Crippen LogP contribution in [-0.2, 0) is 4.79 Å². The van der Waals surface area contributed by atoms with E-state index in [-0.39, 0.29) is 11.6 Å². The maximum absolute atomic E-state index is 13.6. The molecule has 0 radical (unpaired) electrons. The Hall–Kier alpha value is -1.97. The van der Waals surface area contributed by atoms with E-state index < -0.39 is 5.82 Å². The molecule has 0 aromatic heterocycles. The van der Waals surface area contributed by atoms with E-state index in [2.05, 4.69) is 11.6 Å². The molecule has 1 amide bonds. The lowest BCUT2D eigenvalue weighted by atomic mass is 10.2. The van der Waals surface area contributed by atoms with Gasteiger partial charge in [-0.1, -0.05) is 12.6 Å². The molecule has 96 valence electrons. The molecule has 0 N–H and O–H groups in total. The summed E-state index contributed by atoms with van der Waals surface area (Å²) >= 11 is 0. The second-order valence-corrected chi connectivity index (χ2v) is 4.26. The third-order valence-electron chi connectivity index (χ3n) is 2.54. The zero-order valence-corrected chi connectivity index (χ0v) is 11.1. The molecule has 0 fully saturated rings. The van der Waals surface area contributed by atoms with Crippen LogP contribution in [0.25, 0.3) is 0 Å². The van der Waals surface area contributed by atoms with Crippen LogP contribution in [0.3, 0.4) is 0 Å². The van der Waals surface area contributed by atoms with Gasteiger partial charge in [0.15, 0.2) is 0 Å². The van der Waals surface area contributed by atoms with Gasteiger partial charge in [0.2, 0.25) is 0 Å². The molecular formula is C14H17FN2O. The Morgan fingerprint density at radius 1 is 1.39 bits per heavy atom. The fraction of sp³-hybridized carbons (Fsp3) is 0.286. The summed E-state index contributed by atoms with van der Waals surface area (Å²) in [6.07, 6.45) is 0. The fourth-order valence-corrected chi connectivity index (χ4v) is 1.39. The molecule has 1 aromatic carbocycles. The third-order valence-corrected chi connectivity index (χ3v) is 2.54. The van der Waals surface area contributed by atoms with Crippen molar-refractivity contribution in [2.24, 2.45) is 4.99 Å². The van der Waals surface area contributed by atoms with Crippen molar-refractivity contribution in [3.63, 3.8) is 0 Å². The molecule has 1 rings (SSSR count). The second kappa shape index (κ2) is 5.58. The van der Waals surface area contributed by atoms with Crippen molar-refractivity contribution >= 4 is 17.4 Å². The number of nitrogens with zero attached hydrogens (tertiary/aromatic N) is 2. The molecule has 0 unspecified atom stereocenters. The van der Waals surface area contributed by atoms with Crippen molar-refractivity contribution in [2.45, 2.75) is 20.8 Å². The van der Waals surface area contributed by atoms with Gasteiger partial charge in [0.05, 0.1) is 0 Å². The Labute approximate surface area is 107 Å². The summed E-state index contributed by atoms with van der Waals surface area (Å²) < 4.78 is 13.6. The monoisotopic (exact) mass is 248 g/mol. The Morgan fingerprint density at radius 3 is 2.50 bits per heavy atom. The average Bonchev–Trinajstić information content (AvgIpc) is 2.30. The Kier molecular flexibility index (Phi) is 4.37. The molecule has 0 aliphatic rings. The van der Waals surface area contributed by atoms with E-state index in [1.807, 2.05) is 0 Å². The van der Waals surface area contributed by atoms with Crippen molar-refractivity contribution in [1.82, 2.24) is 4.90 Å². The second-order valence-electron chi connectivity index (χ2n) is 4.26. The van der Waals surface area contributed by atoms with E-state index in [1.165, 1.54) is 11.0 Å². The molecule has 0 saturated heterocycles. The third kappa shape index (κ3) is 3.26. The van der Waals surface area contributed by atoms with Crippen LogP contribution in [0.1, 0.15) is 19.4 Å². The van der Waals surface area contributed by atoms with Gasteiger partial charge in [-0.15, -0.1) is 0 Å². The van der Waals surface area contributed by atoms with Crippen molar-refractivity contribution in [2.75, 3.05) is 7.05 Å². The Morgan fingerprint density at radius 2 is 2.00 bits per heavy atom. The van der Waals surface area contributed by atoms with Crippen LogP contribution in [0.2, 0.25) is 0 Å². The first-order valence-electron chi connectivity index (χ1n) is 5.58. The van der Waals surface area contributed by atoms with Crippen LogP contribution in [-0.4, -0.2) is 23.7 Å². The fourth-order valence-electron chi connectivity index (χ4n) is 1.39. The van der Waals surface area contributed by atoms with Crippen molar-refractivity contribution in [3.8, 4) is 0 Å². The van der Waals surface area contributed by atoms with Gasteiger partial charge in [0.25, 0.3) is 5.91 Å². The van der Waals surface area contributed by atoms with Crippen molar-refractivity contribution in [3.05, 3.63) is 41.7 Å². The van der Waals surface area contributed by atoms with Crippen LogP contribution >= 0.6 is 0 Å². The highest BCUT2D eigenvalue weighted by Crippen LogP contribution is 2.19. The smallest absolute Gasteiger partial charge is 0.253 e. The van der Waals surface area contributed by atoms with Crippen LogP contribution in [0.15, 0.2) is 35.3 Å². The predicted molar refractivity (Wildman–Crippen MR) is 71.5 cm³/mol. The van der Waals surface area contributed by atoms with E-state index in [0.29, 0.717) is 11.4 Å². The molecule has 0 bridgehead atoms. The molecule has 0 spiro atoms. The molecule has 0 aliphatic heterocycles. The lowest BCUT2D eigenvalue weighted by molar-refractivity contribution is -0.122.